The van der Waals surface area contributed by atoms with Gasteiger partial charge in [0.05, 0.1) is 5.56 Å². The van der Waals surface area contributed by atoms with Crippen LogP contribution in [0.2, 0.25) is 0 Å². The summed E-state index contributed by atoms with van der Waals surface area (Å²) < 4.78 is 0. The van der Waals surface area contributed by atoms with Crippen molar-refractivity contribution in [1.29, 1.82) is 0 Å². The zero-order chi connectivity index (χ0) is 15.4. The van der Waals surface area contributed by atoms with Crippen molar-refractivity contribution in [3.63, 3.8) is 0 Å². The average molecular weight is 292 g/mol. The first-order valence-corrected chi connectivity index (χ1v) is 7.14. The molecule has 0 fully saturated rings. The molecule has 4 heteroatoms. The largest absolute Gasteiger partial charge is 0.505 e. The van der Waals surface area contributed by atoms with Crippen molar-refractivity contribution in [3.8, 4) is 5.75 Å². The molecule has 1 amide bonds. The second-order valence-electron chi connectivity index (χ2n) is 5.03. The van der Waals surface area contributed by atoms with Gasteiger partial charge in [-0.25, -0.2) is 0 Å². The van der Waals surface area contributed by atoms with Gasteiger partial charge in [0, 0.05) is 18.1 Å². The Balaban J connectivity index is 1.71. The van der Waals surface area contributed by atoms with Crippen LogP contribution in [0.15, 0.2) is 60.8 Å². The van der Waals surface area contributed by atoms with Gasteiger partial charge in [-0.1, -0.05) is 42.5 Å². The number of fused-ring (bicyclic) bond motifs is 1. The Kier molecular flexibility index (Phi) is 4.01. The summed E-state index contributed by atoms with van der Waals surface area (Å²) in [4.78, 5) is 16.3. The third-order valence-corrected chi connectivity index (χ3v) is 3.53. The molecule has 0 atom stereocenters. The van der Waals surface area contributed by atoms with Crippen molar-refractivity contribution in [1.82, 2.24) is 10.3 Å². The normalized spacial score (nSPS) is 10.5. The molecule has 0 bridgehead atoms. The number of carbonyl (C=O) groups excluding carboxylic acids is 1. The Morgan fingerprint density at radius 1 is 1.05 bits per heavy atom. The van der Waals surface area contributed by atoms with Crippen LogP contribution in [0.25, 0.3) is 10.9 Å². The zero-order valence-corrected chi connectivity index (χ0v) is 12.0. The number of nitrogens with one attached hydrogen (secondary N) is 1. The summed E-state index contributed by atoms with van der Waals surface area (Å²) in [5, 5.41) is 13.8. The maximum atomic E-state index is 12.2. The second kappa shape index (κ2) is 6.26. The van der Waals surface area contributed by atoms with Crippen molar-refractivity contribution in [2.24, 2.45) is 0 Å². The minimum absolute atomic E-state index is 0.0738. The van der Waals surface area contributed by atoms with Gasteiger partial charge in [0.1, 0.15) is 5.52 Å². The summed E-state index contributed by atoms with van der Waals surface area (Å²) in [6.45, 7) is 0.516. The van der Waals surface area contributed by atoms with Crippen molar-refractivity contribution < 1.29 is 9.90 Å². The molecular weight excluding hydrogens is 276 g/mol. The van der Waals surface area contributed by atoms with E-state index < -0.39 is 0 Å². The number of amides is 1. The van der Waals surface area contributed by atoms with Gasteiger partial charge in [0.25, 0.3) is 5.91 Å². The number of rotatable bonds is 4. The van der Waals surface area contributed by atoms with Crippen LogP contribution >= 0.6 is 0 Å². The standard InChI is InChI=1S/C18H16N2O2/c21-17-15(9-8-14-7-4-11-19-16(14)17)18(22)20-12-10-13-5-2-1-3-6-13/h1-9,11,21H,10,12H2,(H,20,22). The molecular formula is C18H16N2O2. The van der Waals surface area contributed by atoms with Crippen LogP contribution in [0.3, 0.4) is 0 Å². The third-order valence-electron chi connectivity index (χ3n) is 3.53. The number of hydrogen-bond donors (Lipinski definition) is 2. The fraction of sp³-hybridized carbons (Fsp3) is 0.111. The highest BCUT2D eigenvalue weighted by Gasteiger charge is 2.13. The Bertz CT molecular complexity index is 801. The first kappa shape index (κ1) is 14.1. The number of aromatic hydroxyl groups is 1. The van der Waals surface area contributed by atoms with Crippen LogP contribution in [0, 0.1) is 0 Å². The van der Waals surface area contributed by atoms with Crippen LogP contribution in [0.5, 0.6) is 5.75 Å². The van der Waals surface area contributed by atoms with E-state index in [9.17, 15) is 9.90 Å². The molecule has 0 aliphatic carbocycles. The number of carbonyl (C=O) groups is 1. The first-order chi connectivity index (χ1) is 10.8. The highest BCUT2D eigenvalue weighted by Crippen LogP contribution is 2.26. The van der Waals surface area contributed by atoms with E-state index in [4.69, 9.17) is 0 Å². The number of aromatic nitrogens is 1. The van der Waals surface area contributed by atoms with Crippen LogP contribution < -0.4 is 5.32 Å². The lowest BCUT2D eigenvalue weighted by Crippen LogP contribution is -2.25. The third kappa shape index (κ3) is 2.91. The van der Waals surface area contributed by atoms with E-state index in [0.29, 0.717) is 12.1 Å². The van der Waals surface area contributed by atoms with E-state index in [-0.39, 0.29) is 17.2 Å². The SMILES string of the molecule is O=C(NCCc1ccccc1)c1ccc2cccnc2c1O. The number of phenolic OH excluding ortho intramolecular Hbond substituents is 1. The van der Waals surface area contributed by atoms with Gasteiger partial charge >= 0.3 is 0 Å². The second-order valence-corrected chi connectivity index (χ2v) is 5.03. The van der Waals surface area contributed by atoms with E-state index in [1.54, 1.807) is 24.4 Å². The van der Waals surface area contributed by atoms with Crippen molar-refractivity contribution in [2.75, 3.05) is 6.54 Å². The molecule has 0 unspecified atom stereocenters. The van der Waals surface area contributed by atoms with Gasteiger partial charge in [-0.15, -0.1) is 0 Å². The summed E-state index contributed by atoms with van der Waals surface area (Å²) in [7, 11) is 0. The fourth-order valence-electron chi connectivity index (χ4n) is 2.37. The van der Waals surface area contributed by atoms with Gasteiger partial charge in [-0.2, -0.15) is 0 Å². The topological polar surface area (TPSA) is 62.2 Å². The molecule has 4 nitrogen and oxygen atoms in total. The fourth-order valence-corrected chi connectivity index (χ4v) is 2.37. The molecule has 0 radical (unpaired) electrons. The van der Waals surface area contributed by atoms with E-state index in [1.165, 1.54) is 0 Å². The van der Waals surface area contributed by atoms with E-state index in [2.05, 4.69) is 10.3 Å². The van der Waals surface area contributed by atoms with Crippen molar-refractivity contribution in [3.05, 3.63) is 71.9 Å². The maximum absolute atomic E-state index is 12.2. The molecule has 1 heterocycles. The first-order valence-electron chi connectivity index (χ1n) is 7.14. The lowest BCUT2D eigenvalue weighted by Gasteiger charge is -2.08. The summed E-state index contributed by atoms with van der Waals surface area (Å²) >= 11 is 0. The van der Waals surface area contributed by atoms with Crippen LogP contribution in [-0.2, 0) is 6.42 Å². The smallest absolute Gasteiger partial charge is 0.255 e. The number of pyridine rings is 1. The summed E-state index contributed by atoms with van der Waals surface area (Å²) in [6, 6.07) is 17.0. The highest BCUT2D eigenvalue weighted by molar-refractivity contribution is 6.02. The van der Waals surface area contributed by atoms with Gasteiger partial charge in [0.15, 0.2) is 5.75 Å². The number of phenols is 1. The Morgan fingerprint density at radius 2 is 1.86 bits per heavy atom. The molecule has 0 aliphatic heterocycles. The van der Waals surface area contributed by atoms with Gasteiger partial charge in [-0.3, -0.25) is 9.78 Å². The van der Waals surface area contributed by atoms with Crippen LogP contribution in [0.1, 0.15) is 15.9 Å². The lowest BCUT2D eigenvalue weighted by atomic mass is 10.1. The highest BCUT2D eigenvalue weighted by atomic mass is 16.3. The van der Waals surface area contributed by atoms with Crippen molar-refractivity contribution >= 4 is 16.8 Å². The summed E-state index contributed by atoms with van der Waals surface area (Å²) in [5.41, 5.74) is 1.85. The van der Waals surface area contributed by atoms with Crippen molar-refractivity contribution in [2.45, 2.75) is 6.42 Å². The zero-order valence-electron chi connectivity index (χ0n) is 12.0. The quantitative estimate of drug-likeness (QED) is 0.777. The van der Waals surface area contributed by atoms with E-state index >= 15 is 0 Å². The minimum atomic E-state index is -0.291. The molecule has 22 heavy (non-hydrogen) atoms. The van der Waals surface area contributed by atoms with E-state index in [1.807, 2.05) is 36.4 Å². The molecule has 0 saturated heterocycles. The number of nitrogens with zero attached hydrogens (tertiary/aromatic N) is 1. The molecule has 0 spiro atoms. The summed E-state index contributed by atoms with van der Waals surface area (Å²) in [6.07, 6.45) is 2.35. The lowest BCUT2D eigenvalue weighted by molar-refractivity contribution is 0.0951. The molecule has 3 aromatic rings. The molecule has 3 rings (SSSR count). The molecule has 0 aliphatic rings. The van der Waals surface area contributed by atoms with E-state index in [0.717, 1.165) is 17.4 Å². The minimum Gasteiger partial charge on any atom is -0.505 e. The number of benzene rings is 2. The van der Waals surface area contributed by atoms with Gasteiger partial charge < -0.3 is 10.4 Å². The predicted molar refractivity (Wildman–Crippen MR) is 85.9 cm³/mol. The Hall–Kier alpha value is -2.88. The summed E-state index contributed by atoms with van der Waals surface area (Å²) in [5.74, 6) is -0.365. The van der Waals surface area contributed by atoms with Crippen LogP contribution in [0.4, 0.5) is 0 Å². The Labute approximate surface area is 128 Å². The van der Waals surface area contributed by atoms with Gasteiger partial charge in [-0.05, 0) is 24.1 Å². The van der Waals surface area contributed by atoms with Crippen LogP contribution in [-0.4, -0.2) is 22.5 Å². The maximum Gasteiger partial charge on any atom is 0.255 e. The Morgan fingerprint density at radius 3 is 2.68 bits per heavy atom. The van der Waals surface area contributed by atoms with Gasteiger partial charge in [0.2, 0.25) is 0 Å². The molecule has 2 aromatic carbocycles. The molecule has 110 valence electrons. The molecule has 0 saturated carbocycles. The number of hydrogen-bond acceptors (Lipinski definition) is 3. The molecule has 1 aromatic heterocycles. The average Bonchev–Trinajstić information content (AvgIpc) is 2.56. The molecule has 2 N–H and O–H groups in total. The predicted octanol–water partition coefficient (Wildman–Crippen LogP) is 2.91. The monoisotopic (exact) mass is 292 g/mol.